The van der Waals surface area contributed by atoms with Crippen LogP contribution in [-0.4, -0.2) is 146 Å². The van der Waals surface area contributed by atoms with E-state index in [0.717, 1.165) is 11.1 Å². The van der Waals surface area contributed by atoms with Gasteiger partial charge in [0.25, 0.3) is 0 Å². The minimum absolute atomic E-state index is 0.0217. The second-order valence-corrected chi connectivity index (χ2v) is 12.2. The highest BCUT2D eigenvalue weighted by Crippen LogP contribution is 2.12. The maximum Gasteiger partial charge on any atom is 0.237 e. The second-order valence-electron chi connectivity index (χ2n) is 12.2. The number of amides is 4. The summed E-state index contributed by atoms with van der Waals surface area (Å²) in [4.78, 5) is 62.3. The number of nitrogens with one attached hydrogen (secondary N) is 3. The predicted molar refractivity (Wildman–Crippen MR) is 189 cm³/mol. The number of hydrogen-bond donors (Lipinski definition) is 3. The lowest BCUT2D eigenvalue weighted by molar-refractivity contribution is -0.134. The topological polar surface area (TPSA) is 121 Å². The van der Waals surface area contributed by atoms with E-state index in [1.807, 2.05) is 86.3 Å². The Bertz CT molecular complexity index is 1170. The highest BCUT2D eigenvalue weighted by Gasteiger charge is 2.23. The summed E-state index contributed by atoms with van der Waals surface area (Å²) >= 11 is 0. The van der Waals surface area contributed by atoms with Gasteiger partial charge in [-0.15, -0.1) is 0 Å². The van der Waals surface area contributed by atoms with E-state index in [4.69, 9.17) is 0 Å². The number of nitrogens with zero attached hydrogens (tertiary/aromatic N) is 5. The van der Waals surface area contributed by atoms with E-state index < -0.39 is 0 Å². The highest BCUT2D eigenvalue weighted by molar-refractivity contribution is 5.79. The van der Waals surface area contributed by atoms with Crippen LogP contribution < -0.4 is 16.0 Å². The number of rotatable bonds is 15. The fourth-order valence-electron chi connectivity index (χ4n) is 5.71. The van der Waals surface area contributed by atoms with Gasteiger partial charge in [0.1, 0.15) is 0 Å². The smallest absolute Gasteiger partial charge is 0.237 e. The third kappa shape index (κ3) is 14.9. The van der Waals surface area contributed by atoms with Crippen LogP contribution in [0.15, 0.2) is 60.7 Å². The van der Waals surface area contributed by atoms with Crippen molar-refractivity contribution in [2.75, 3.05) is 98.2 Å². The van der Waals surface area contributed by atoms with Crippen molar-refractivity contribution in [2.24, 2.45) is 0 Å². The van der Waals surface area contributed by atoms with Gasteiger partial charge in [-0.25, -0.2) is 0 Å². The van der Waals surface area contributed by atoms with Crippen molar-refractivity contribution in [1.29, 1.82) is 0 Å². The van der Waals surface area contributed by atoms with Crippen LogP contribution in [0.25, 0.3) is 0 Å². The first kappa shape index (κ1) is 38.6. The maximum absolute atomic E-state index is 14.1. The minimum Gasteiger partial charge on any atom is -0.355 e. The SMILES string of the molecule is CCNC(=O)CN1CCN(CC(=O)NCC)CCN(CC(=O)N(Cc2ccccc2)Cc2ccccc2)CCN(CC(=O)NCC)CC1. The third-order valence-corrected chi connectivity index (χ3v) is 8.30. The minimum atomic E-state index is -0.0486. The monoisotopic (exact) mass is 664 g/mol. The lowest BCUT2D eigenvalue weighted by Crippen LogP contribution is -2.51. The highest BCUT2D eigenvalue weighted by atomic mass is 16.2. The Balaban J connectivity index is 1.82. The molecule has 0 atom stereocenters. The van der Waals surface area contributed by atoms with Crippen LogP contribution in [0, 0.1) is 0 Å². The lowest BCUT2D eigenvalue weighted by Gasteiger charge is -2.34. The van der Waals surface area contributed by atoms with Crippen molar-refractivity contribution in [2.45, 2.75) is 33.9 Å². The normalized spacial score (nSPS) is 15.9. The van der Waals surface area contributed by atoms with Crippen LogP contribution in [0.3, 0.4) is 0 Å². The van der Waals surface area contributed by atoms with Crippen molar-refractivity contribution >= 4 is 23.6 Å². The Morgan fingerprint density at radius 3 is 1.08 bits per heavy atom. The number of likely N-dealkylation sites (N-methyl/N-ethyl adjacent to an activating group) is 3. The number of benzene rings is 2. The molecule has 1 fully saturated rings. The summed E-state index contributed by atoms with van der Waals surface area (Å²) in [7, 11) is 0. The molecular weight excluding hydrogens is 608 g/mol. The van der Waals surface area contributed by atoms with Gasteiger partial charge in [0, 0.05) is 85.1 Å². The zero-order valence-corrected chi connectivity index (χ0v) is 29.2. The summed E-state index contributed by atoms with van der Waals surface area (Å²) < 4.78 is 0. The molecular formula is C36H56N8O4. The molecule has 1 aliphatic rings. The van der Waals surface area contributed by atoms with Crippen molar-refractivity contribution in [3.05, 3.63) is 71.8 Å². The Morgan fingerprint density at radius 2 is 0.792 bits per heavy atom. The van der Waals surface area contributed by atoms with E-state index in [0.29, 0.717) is 85.1 Å². The zero-order valence-electron chi connectivity index (χ0n) is 29.2. The van der Waals surface area contributed by atoms with Crippen molar-refractivity contribution in [1.82, 2.24) is 40.4 Å². The molecule has 0 spiro atoms. The van der Waals surface area contributed by atoms with Crippen LogP contribution in [0.5, 0.6) is 0 Å². The molecule has 12 nitrogen and oxygen atoms in total. The largest absolute Gasteiger partial charge is 0.355 e. The fraction of sp³-hybridized carbons (Fsp3) is 0.556. The summed E-state index contributed by atoms with van der Waals surface area (Å²) in [5.74, 6) is -0.121. The first-order chi connectivity index (χ1) is 23.3. The summed E-state index contributed by atoms with van der Waals surface area (Å²) in [6.07, 6.45) is 0. The summed E-state index contributed by atoms with van der Waals surface area (Å²) in [6.45, 7) is 13.9. The Hall–Kier alpha value is -3.84. The number of carbonyl (C=O) groups is 4. The molecule has 0 aromatic heterocycles. The Morgan fingerprint density at radius 1 is 0.500 bits per heavy atom. The molecule has 12 heteroatoms. The van der Waals surface area contributed by atoms with Gasteiger partial charge in [0.15, 0.2) is 0 Å². The second kappa shape index (κ2) is 21.9. The van der Waals surface area contributed by atoms with E-state index in [9.17, 15) is 19.2 Å². The Kier molecular flexibility index (Phi) is 17.6. The molecule has 2 aromatic carbocycles. The molecule has 1 heterocycles. The van der Waals surface area contributed by atoms with E-state index in [1.54, 1.807) is 0 Å². The van der Waals surface area contributed by atoms with Gasteiger partial charge in [-0.3, -0.25) is 38.8 Å². The van der Waals surface area contributed by atoms with E-state index in [-0.39, 0.29) is 49.8 Å². The van der Waals surface area contributed by atoms with Gasteiger partial charge in [-0.05, 0) is 31.9 Å². The maximum atomic E-state index is 14.1. The van der Waals surface area contributed by atoms with Gasteiger partial charge in [0.2, 0.25) is 23.6 Å². The molecule has 0 aliphatic carbocycles. The van der Waals surface area contributed by atoms with E-state index in [1.165, 1.54) is 0 Å². The van der Waals surface area contributed by atoms with Crippen molar-refractivity contribution in [3.63, 3.8) is 0 Å². The van der Waals surface area contributed by atoms with Gasteiger partial charge >= 0.3 is 0 Å². The molecule has 0 unspecified atom stereocenters. The molecule has 1 saturated heterocycles. The molecule has 3 rings (SSSR count). The zero-order chi connectivity index (χ0) is 34.6. The van der Waals surface area contributed by atoms with Gasteiger partial charge in [0.05, 0.1) is 26.2 Å². The predicted octanol–water partition coefficient (Wildman–Crippen LogP) is 0.845. The average molecular weight is 665 g/mol. The first-order valence-corrected chi connectivity index (χ1v) is 17.3. The molecule has 1 aliphatic heterocycles. The lowest BCUT2D eigenvalue weighted by atomic mass is 10.1. The summed E-state index contributed by atoms with van der Waals surface area (Å²) in [5, 5.41) is 8.69. The molecule has 0 bridgehead atoms. The molecule has 0 radical (unpaired) electrons. The van der Waals surface area contributed by atoms with Crippen LogP contribution >= 0.6 is 0 Å². The summed E-state index contributed by atoms with van der Waals surface area (Å²) in [6, 6.07) is 20.0. The van der Waals surface area contributed by atoms with E-state index in [2.05, 4.69) is 35.6 Å². The third-order valence-electron chi connectivity index (χ3n) is 8.30. The van der Waals surface area contributed by atoms with Crippen LogP contribution in [-0.2, 0) is 32.3 Å². The van der Waals surface area contributed by atoms with Gasteiger partial charge in [-0.1, -0.05) is 60.7 Å². The number of hydrogen-bond acceptors (Lipinski definition) is 8. The average Bonchev–Trinajstić information content (AvgIpc) is 3.06. The Labute approximate surface area is 286 Å². The quantitative estimate of drug-likeness (QED) is 0.257. The number of carbonyl (C=O) groups excluding carboxylic acids is 4. The molecule has 264 valence electrons. The van der Waals surface area contributed by atoms with Gasteiger partial charge < -0.3 is 20.9 Å². The van der Waals surface area contributed by atoms with Crippen LogP contribution in [0.2, 0.25) is 0 Å². The van der Waals surface area contributed by atoms with Crippen LogP contribution in [0.1, 0.15) is 31.9 Å². The standard InChI is InChI=1S/C36H56N8O4/c1-4-37-33(45)27-40-17-19-41(28-34(46)38-5-2)21-23-43(24-22-42(20-18-40)29-35(47)39-6-3)30-36(48)44(25-31-13-9-7-10-14-31)26-32-15-11-8-12-16-32/h7-16H,4-6,17-30H2,1-3H3,(H,37,45)(H,38,46)(H,39,47). The molecule has 2 aromatic rings. The van der Waals surface area contributed by atoms with Crippen molar-refractivity contribution < 1.29 is 19.2 Å². The molecule has 3 N–H and O–H groups in total. The fourth-order valence-corrected chi connectivity index (χ4v) is 5.71. The summed E-state index contributed by atoms with van der Waals surface area (Å²) in [5.41, 5.74) is 2.13. The molecule has 48 heavy (non-hydrogen) atoms. The first-order valence-electron chi connectivity index (χ1n) is 17.3. The van der Waals surface area contributed by atoms with E-state index >= 15 is 0 Å². The van der Waals surface area contributed by atoms with Crippen LogP contribution in [0.4, 0.5) is 0 Å². The van der Waals surface area contributed by atoms with Gasteiger partial charge in [-0.2, -0.15) is 0 Å². The molecule has 4 amide bonds. The van der Waals surface area contributed by atoms with Crippen molar-refractivity contribution in [3.8, 4) is 0 Å². The molecule has 0 saturated carbocycles.